The molecule has 158 valence electrons. The fraction of sp³-hybridized carbons (Fsp3) is 0.211. The SMILES string of the molecule is COc1ccc(-c2nnc(NC(=O)CN(Cc3ccccc3Cl)S(C)(=O)=O)s2)cc1. The van der Waals surface area contributed by atoms with E-state index in [2.05, 4.69) is 15.5 Å². The lowest BCUT2D eigenvalue weighted by Crippen LogP contribution is -2.37. The second kappa shape index (κ2) is 9.52. The van der Waals surface area contributed by atoms with Gasteiger partial charge in [0.05, 0.1) is 19.9 Å². The van der Waals surface area contributed by atoms with Crippen molar-refractivity contribution >= 4 is 44.0 Å². The summed E-state index contributed by atoms with van der Waals surface area (Å²) in [5, 5.41) is 11.9. The van der Waals surface area contributed by atoms with Crippen LogP contribution >= 0.6 is 22.9 Å². The largest absolute Gasteiger partial charge is 0.497 e. The maximum absolute atomic E-state index is 12.4. The van der Waals surface area contributed by atoms with Gasteiger partial charge in [-0.25, -0.2) is 8.42 Å². The van der Waals surface area contributed by atoms with Crippen LogP contribution in [0.1, 0.15) is 5.56 Å². The number of amides is 1. The number of carbonyl (C=O) groups is 1. The molecule has 0 fully saturated rings. The molecule has 0 atom stereocenters. The summed E-state index contributed by atoms with van der Waals surface area (Å²) in [7, 11) is -2.06. The predicted octanol–water partition coefficient (Wildman–Crippen LogP) is 3.27. The molecule has 0 aliphatic heterocycles. The highest BCUT2D eigenvalue weighted by Gasteiger charge is 2.22. The highest BCUT2D eigenvalue weighted by Crippen LogP contribution is 2.27. The molecule has 0 saturated carbocycles. The molecule has 0 radical (unpaired) electrons. The summed E-state index contributed by atoms with van der Waals surface area (Å²) in [6, 6.07) is 14.1. The summed E-state index contributed by atoms with van der Waals surface area (Å²) >= 11 is 7.30. The van der Waals surface area contributed by atoms with Crippen molar-refractivity contribution in [1.82, 2.24) is 14.5 Å². The topological polar surface area (TPSA) is 101 Å². The smallest absolute Gasteiger partial charge is 0.241 e. The van der Waals surface area contributed by atoms with Gasteiger partial charge in [0, 0.05) is 17.1 Å². The number of nitrogens with zero attached hydrogens (tertiary/aromatic N) is 3. The van der Waals surface area contributed by atoms with E-state index in [9.17, 15) is 13.2 Å². The van der Waals surface area contributed by atoms with Crippen LogP contribution in [-0.2, 0) is 21.4 Å². The Morgan fingerprint density at radius 1 is 1.17 bits per heavy atom. The van der Waals surface area contributed by atoms with E-state index in [1.165, 1.54) is 11.3 Å². The molecule has 0 aliphatic rings. The van der Waals surface area contributed by atoms with Crippen LogP contribution in [0.4, 0.5) is 5.13 Å². The number of hydrogen-bond donors (Lipinski definition) is 1. The lowest BCUT2D eigenvalue weighted by molar-refractivity contribution is -0.116. The molecule has 1 heterocycles. The van der Waals surface area contributed by atoms with Gasteiger partial charge in [-0.1, -0.05) is 41.1 Å². The van der Waals surface area contributed by atoms with Crippen LogP contribution in [0.15, 0.2) is 48.5 Å². The summed E-state index contributed by atoms with van der Waals surface area (Å²) in [6.07, 6.45) is 1.05. The minimum Gasteiger partial charge on any atom is -0.497 e. The number of aromatic nitrogens is 2. The number of anilines is 1. The third-order valence-electron chi connectivity index (χ3n) is 4.10. The van der Waals surface area contributed by atoms with Crippen LogP contribution < -0.4 is 10.1 Å². The average molecular weight is 467 g/mol. The Morgan fingerprint density at radius 3 is 2.50 bits per heavy atom. The first kappa shape index (κ1) is 22.2. The van der Waals surface area contributed by atoms with Crippen LogP contribution in [0, 0.1) is 0 Å². The second-order valence-electron chi connectivity index (χ2n) is 6.31. The number of halogens is 1. The molecule has 1 aromatic heterocycles. The molecule has 11 heteroatoms. The first-order valence-corrected chi connectivity index (χ1v) is 11.8. The second-order valence-corrected chi connectivity index (χ2v) is 9.68. The zero-order chi connectivity index (χ0) is 21.7. The van der Waals surface area contributed by atoms with E-state index in [4.69, 9.17) is 16.3 Å². The monoisotopic (exact) mass is 466 g/mol. The Labute approximate surface area is 183 Å². The zero-order valence-electron chi connectivity index (χ0n) is 16.2. The minimum absolute atomic E-state index is 0.0147. The van der Waals surface area contributed by atoms with Crippen LogP contribution in [0.25, 0.3) is 10.6 Å². The molecule has 0 aliphatic carbocycles. The highest BCUT2D eigenvalue weighted by molar-refractivity contribution is 7.88. The summed E-state index contributed by atoms with van der Waals surface area (Å²) in [4.78, 5) is 12.4. The van der Waals surface area contributed by atoms with Crippen LogP contribution in [-0.4, -0.2) is 48.7 Å². The Morgan fingerprint density at radius 2 is 1.87 bits per heavy atom. The van der Waals surface area contributed by atoms with Gasteiger partial charge in [-0.15, -0.1) is 10.2 Å². The lowest BCUT2D eigenvalue weighted by Gasteiger charge is -2.19. The number of nitrogens with one attached hydrogen (secondary N) is 1. The van der Waals surface area contributed by atoms with Crippen LogP contribution in [0.5, 0.6) is 5.75 Å². The molecule has 2 aromatic carbocycles. The number of sulfonamides is 1. The van der Waals surface area contributed by atoms with E-state index in [1.54, 1.807) is 43.5 Å². The molecule has 1 amide bonds. The summed E-state index contributed by atoms with van der Waals surface area (Å²) in [6.45, 7) is -0.388. The van der Waals surface area contributed by atoms with Gasteiger partial charge >= 0.3 is 0 Å². The minimum atomic E-state index is -3.64. The summed E-state index contributed by atoms with van der Waals surface area (Å²) in [5.74, 6) is 0.195. The third kappa shape index (κ3) is 5.76. The standard InChI is InChI=1S/C19H19ClN4O4S2/c1-28-15-9-7-13(8-10-15)18-22-23-19(29-18)21-17(25)12-24(30(2,26)27)11-14-5-3-4-6-16(14)20/h3-10H,11-12H2,1-2H3,(H,21,23,25). The molecule has 3 aromatic rings. The first-order chi connectivity index (χ1) is 14.3. The van der Waals surface area contributed by atoms with E-state index < -0.39 is 15.9 Å². The van der Waals surface area contributed by atoms with Gasteiger partial charge in [-0.3, -0.25) is 10.1 Å². The van der Waals surface area contributed by atoms with Crippen molar-refractivity contribution in [2.24, 2.45) is 0 Å². The molecular weight excluding hydrogens is 448 g/mol. The number of carbonyl (C=O) groups excluding carboxylic acids is 1. The van der Waals surface area contributed by atoms with E-state index in [1.807, 2.05) is 12.1 Å². The highest BCUT2D eigenvalue weighted by atomic mass is 35.5. The van der Waals surface area contributed by atoms with E-state index >= 15 is 0 Å². The normalized spacial score (nSPS) is 11.5. The van der Waals surface area contributed by atoms with Gasteiger partial charge in [-0.2, -0.15) is 4.31 Å². The van der Waals surface area contributed by atoms with E-state index in [-0.39, 0.29) is 18.2 Å². The number of rotatable bonds is 8. The molecule has 30 heavy (non-hydrogen) atoms. The van der Waals surface area contributed by atoms with Gasteiger partial charge in [0.2, 0.25) is 21.1 Å². The fourth-order valence-corrected chi connectivity index (χ4v) is 4.24. The number of benzene rings is 2. The van der Waals surface area contributed by atoms with Crippen LogP contribution in [0.2, 0.25) is 5.02 Å². The lowest BCUT2D eigenvalue weighted by atomic mass is 10.2. The van der Waals surface area contributed by atoms with E-state index in [0.29, 0.717) is 15.6 Å². The Balaban J connectivity index is 1.68. The maximum Gasteiger partial charge on any atom is 0.241 e. The Hall–Kier alpha value is -2.53. The fourth-order valence-electron chi connectivity index (χ4n) is 2.55. The average Bonchev–Trinajstić information content (AvgIpc) is 3.16. The molecule has 0 spiro atoms. The summed E-state index contributed by atoms with van der Waals surface area (Å²) in [5.41, 5.74) is 1.43. The molecule has 0 bridgehead atoms. The van der Waals surface area contributed by atoms with Gasteiger partial charge in [0.15, 0.2) is 0 Å². The van der Waals surface area contributed by atoms with Crippen molar-refractivity contribution in [3.05, 3.63) is 59.1 Å². The predicted molar refractivity (Wildman–Crippen MR) is 117 cm³/mol. The Bertz CT molecular complexity index is 1130. The van der Waals surface area contributed by atoms with Crippen molar-refractivity contribution in [1.29, 1.82) is 0 Å². The van der Waals surface area contributed by atoms with Gasteiger partial charge in [-0.05, 0) is 35.9 Å². The number of hydrogen-bond acceptors (Lipinski definition) is 7. The van der Waals surface area contributed by atoms with Gasteiger partial charge in [0.25, 0.3) is 0 Å². The first-order valence-electron chi connectivity index (χ1n) is 8.72. The van der Waals surface area contributed by atoms with Crippen LogP contribution in [0.3, 0.4) is 0 Å². The molecular formula is C19H19ClN4O4S2. The number of ether oxygens (including phenoxy) is 1. The quantitative estimate of drug-likeness (QED) is 0.546. The summed E-state index contributed by atoms with van der Waals surface area (Å²) < 4.78 is 30.5. The van der Waals surface area contributed by atoms with E-state index in [0.717, 1.165) is 21.9 Å². The molecule has 0 saturated heterocycles. The zero-order valence-corrected chi connectivity index (χ0v) is 18.6. The van der Waals surface area contributed by atoms with Crippen molar-refractivity contribution < 1.29 is 17.9 Å². The van der Waals surface area contributed by atoms with Crippen molar-refractivity contribution in [3.8, 4) is 16.3 Å². The van der Waals surface area contributed by atoms with Gasteiger partial charge < -0.3 is 4.74 Å². The van der Waals surface area contributed by atoms with Crippen molar-refractivity contribution in [2.75, 3.05) is 25.2 Å². The molecule has 1 N–H and O–H groups in total. The third-order valence-corrected chi connectivity index (χ3v) is 6.55. The molecule has 8 nitrogen and oxygen atoms in total. The maximum atomic E-state index is 12.4. The molecule has 0 unspecified atom stereocenters. The van der Waals surface area contributed by atoms with Crippen molar-refractivity contribution in [3.63, 3.8) is 0 Å². The Kier molecular flexibility index (Phi) is 7.03. The van der Waals surface area contributed by atoms with Crippen molar-refractivity contribution in [2.45, 2.75) is 6.54 Å². The molecule has 3 rings (SSSR count). The number of methoxy groups -OCH3 is 1. The van der Waals surface area contributed by atoms with Gasteiger partial charge in [0.1, 0.15) is 10.8 Å².